The highest BCUT2D eigenvalue weighted by Crippen LogP contribution is 2.32. The van der Waals surface area contributed by atoms with Gasteiger partial charge in [-0.2, -0.15) is 24.9 Å². The molecular formula is C12H15F3N2S. The molecule has 0 amide bonds. The van der Waals surface area contributed by atoms with Crippen LogP contribution in [0, 0.1) is 0 Å². The summed E-state index contributed by atoms with van der Waals surface area (Å²) < 4.78 is 37.1. The number of hydrogen-bond acceptors (Lipinski definition) is 3. The van der Waals surface area contributed by atoms with Crippen LogP contribution in [0.15, 0.2) is 18.3 Å². The summed E-state index contributed by atoms with van der Waals surface area (Å²) in [6, 6.07) is 2.78. The summed E-state index contributed by atoms with van der Waals surface area (Å²) in [5.41, 5.74) is -0.708. The summed E-state index contributed by atoms with van der Waals surface area (Å²) in [5, 5.41) is 3.74. The third-order valence-corrected chi connectivity index (χ3v) is 4.35. The normalized spacial score (nSPS) is 24.2. The van der Waals surface area contributed by atoms with Crippen LogP contribution in [0.4, 0.5) is 19.0 Å². The SMILES string of the molecule is CSC1CCCC1Nc1ccc(C(F)(F)F)cn1. The molecule has 1 aliphatic carbocycles. The monoisotopic (exact) mass is 276 g/mol. The smallest absolute Gasteiger partial charge is 0.366 e. The number of anilines is 1. The van der Waals surface area contributed by atoms with Gasteiger partial charge in [-0.1, -0.05) is 6.42 Å². The van der Waals surface area contributed by atoms with E-state index in [1.54, 1.807) is 11.8 Å². The van der Waals surface area contributed by atoms with Gasteiger partial charge < -0.3 is 5.32 Å². The lowest BCUT2D eigenvalue weighted by Crippen LogP contribution is -2.26. The Morgan fingerprint density at radius 3 is 2.67 bits per heavy atom. The Bertz CT molecular complexity index is 391. The maximum Gasteiger partial charge on any atom is 0.417 e. The number of pyridine rings is 1. The van der Waals surface area contributed by atoms with E-state index in [2.05, 4.69) is 16.6 Å². The molecule has 1 saturated carbocycles. The van der Waals surface area contributed by atoms with E-state index in [4.69, 9.17) is 0 Å². The zero-order valence-corrected chi connectivity index (χ0v) is 10.8. The minimum atomic E-state index is -4.32. The number of alkyl halides is 3. The first-order chi connectivity index (χ1) is 8.50. The molecule has 1 aromatic rings. The zero-order valence-electron chi connectivity index (χ0n) is 10.00. The fraction of sp³-hybridized carbons (Fsp3) is 0.583. The Labute approximate surface area is 108 Å². The van der Waals surface area contributed by atoms with Crippen LogP contribution in [0.25, 0.3) is 0 Å². The van der Waals surface area contributed by atoms with Crippen molar-refractivity contribution < 1.29 is 13.2 Å². The lowest BCUT2D eigenvalue weighted by molar-refractivity contribution is -0.137. The first-order valence-corrected chi connectivity index (χ1v) is 7.12. The number of nitrogens with one attached hydrogen (secondary N) is 1. The molecule has 2 rings (SSSR count). The van der Waals surface area contributed by atoms with Crippen LogP contribution in [0.2, 0.25) is 0 Å². The van der Waals surface area contributed by atoms with Gasteiger partial charge in [0, 0.05) is 17.5 Å². The Kier molecular flexibility index (Phi) is 4.04. The number of aromatic nitrogens is 1. The molecule has 100 valence electrons. The number of thioether (sulfide) groups is 1. The van der Waals surface area contributed by atoms with E-state index >= 15 is 0 Å². The van der Waals surface area contributed by atoms with E-state index < -0.39 is 11.7 Å². The highest BCUT2D eigenvalue weighted by molar-refractivity contribution is 7.99. The Hall–Kier alpha value is -0.910. The molecule has 1 aromatic heterocycles. The number of halogens is 3. The topological polar surface area (TPSA) is 24.9 Å². The van der Waals surface area contributed by atoms with Gasteiger partial charge in [0.2, 0.25) is 0 Å². The molecular weight excluding hydrogens is 261 g/mol. The molecule has 1 fully saturated rings. The van der Waals surface area contributed by atoms with Gasteiger partial charge in [0.25, 0.3) is 0 Å². The molecule has 0 spiro atoms. The Balaban J connectivity index is 2.02. The van der Waals surface area contributed by atoms with Gasteiger partial charge in [-0.25, -0.2) is 4.98 Å². The van der Waals surface area contributed by atoms with E-state index in [1.165, 1.54) is 6.07 Å². The van der Waals surface area contributed by atoms with E-state index in [9.17, 15) is 13.2 Å². The lowest BCUT2D eigenvalue weighted by atomic mass is 10.2. The second-order valence-electron chi connectivity index (χ2n) is 4.39. The van der Waals surface area contributed by atoms with Gasteiger partial charge >= 0.3 is 6.18 Å². The highest BCUT2D eigenvalue weighted by Gasteiger charge is 2.31. The maximum absolute atomic E-state index is 12.4. The standard InChI is InChI=1S/C12H15F3N2S/c1-18-10-4-2-3-9(10)17-11-6-5-8(7-16-11)12(13,14)15/h5-7,9-10H,2-4H2,1H3,(H,16,17). The second-order valence-corrected chi connectivity index (χ2v) is 5.46. The van der Waals surface area contributed by atoms with Crippen molar-refractivity contribution in [1.82, 2.24) is 4.98 Å². The molecule has 0 aromatic carbocycles. The van der Waals surface area contributed by atoms with Gasteiger partial charge in [0.15, 0.2) is 0 Å². The molecule has 2 atom stereocenters. The van der Waals surface area contributed by atoms with Crippen LogP contribution < -0.4 is 5.32 Å². The summed E-state index contributed by atoms with van der Waals surface area (Å²) in [7, 11) is 0. The number of nitrogens with zero attached hydrogens (tertiary/aromatic N) is 1. The summed E-state index contributed by atoms with van der Waals surface area (Å²) in [5.74, 6) is 0.522. The van der Waals surface area contributed by atoms with Gasteiger partial charge in [-0.15, -0.1) is 0 Å². The summed E-state index contributed by atoms with van der Waals surface area (Å²) >= 11 is 1.80. The molecule has 1 N–H and O–H groups in total. The maximum atomic E-state index is 12.4. The Morgan fingerprint density at radius 1 is 1.33 bits per heavy atom. The van der Waals surface area contributed by atoms with Crippen molar-refractivity contribution in [2.24, 2.45) is 0 Å². The van der Waals surface area contributed by atoms with Crippen LogP contribution >= 0.6 is 11.8 Å². The van der Waals surface area contributed by atoms with Crippen LogP contribution in [0.1, 0.15) is 24.8 Å². The van der Waals surface area contributed by atoms with Crippen molar-refractivity contribution in [2.45, 2.75) is 36.7 Å². The van der Waals surface area contributed by atoms with Crippen molar-refractivity contribution in [2.75, 3.05) is 11.6 Å². The molecule has 6 heteroatoms. The molecule has 2 unspecified atom stereocenters. The van der Waals surface area contributed by atoms with Gasteiger partial charge in [0.1, 0.15) is 5.82 Å². The lowest BCUT2D eigenvalue weighted by Gasteiger charge is -2.19. The summed E-state index contributed by atoms with van der Waals surface area (Å²) in [6.45, 7) is 0. The molecule has 1 heterocycles. The predicted molar refractivity (Wildman–Crippen MR) is 67.8 cm³/mol. The van der Waals surface area contributed by atoms with Crippen molar-refractivity contribution in [3.63, 3.8) is 0 Å². The van der Waals surface area contributed by atoms with E-state index in [0.29, 0.717) is 17.1 Å². The molecule has 2 nitrogen and oxygen atoms in total. The molecule has 1 aliphatic rings. The van der Waals surface area contributed by atoms with Crippen LogP contribution in [0.3, 0.4) is 0 Å². The Morgan fingerprint density at radius 2 is 2.11 bits per heavy atom. The molecule has 18 heavy (non-hydrogen) atoms. The average Bonchev–Trinajstić information content (AvgIpc) is 2.76. The van der Waals surface area contributed by atoms with Crippen molar-refractivity contribution in [3.8, 4) is 0 Å². The van der Waals surface area contributed by atoms with Crippen LogP contribution in [-0.4, -0.2) is 22.5 Å². The van der Waals surface area contributed by atoms with Crippen LogP contribution in [-0.2, 0) is 6.18 Å². The van der Waals surface area contributed by atoms with Crippen molar-refractivity contribution >= 4 is 17.6 Å². The summed E-state index contributed by atoms with van der Waals surface area (Å²) in [6.07, 6.45) is 1.98. The number of hydrogen-bond donors (Lipinski definition) is 1. The quantitative estimate of drug-likeness (QED) is 0.909. The zero-order chi connectivity index (χ0) is 13.2. The second kappa shape index (κ2) is 5.38. The first kappa shape index (κ1) is 13.5. The fourth-order valence-electron chi connectivity index (χ4n) is 2.21. The van der Waals surface area contributed by atoms with Gasteiger partial charge in [0.05, 0.1) is 5.56 Å². The average molecular weight is 276 g/mol. The predicted octanol–water partition coefficient (Wildman–Crippen LogP) is 3.80. The van der Waals surface area contributed by atoms with E-state index in [0.717, 1.165) is 31.5 Å². The van der Waals surface area contributed by atoms with Crippen molar-refractivity contribution in [1.29, 1.82) is 0 Å². The van der Waals surface area contributed by atoms with Crippen molar-refractivity contribution in [3.05, 3.63) is 23.9 Å². The van der Waals surface area contributed by atoms with Gasteiger partial charge in [-0.05, 0) is 31.2 Å². The first-order valence-electron chi connectivity index (χ1n) is 5.83. The largest absolute Gasteiger partial charge is 0.417 e. The summed E-state index contributed by atoms with van der Waals surface area (Å²) in [4.78, 5) is 3.84. The fourth-order valence-corrected chi connectivity index (χ4v) is 3.15. The van der Waals surface area contributed by atoms with E-state index in [-0.39, 0.29) is 0 Å². The third kappa shape index (κ3) is 3.10. The highest BCUT2D eigenvalue weighted by atomic mass is 32.2. The minimum Gasteiger partial charge on any atom is -0.366 e. The molecule has 0 saturated heterocycles. The molecule has 0 bridgehead atoms. The minimum absolute atomic E-state index is 0.309. The number of rotatable bonds is 3. The van der Waals surface area contributed by atoms with E-state index in [1.807, 2.05) is 0 Å². The van der Waals surface area contributed by atoms with Crippen LogP contribution in [0.5, 0.6) is 0 Å². The molecule has 0 aliphatic heterocycles. The molecule has 0 radical (unpaired) electrons. The van der Waals surface area contributed by atoms with Gasteiger partial charge in [-0.3, -0.25) is 0 Å². The third-order valence-electron chi connectivity index (χ3n) is 3.18.